The molecule has 6 heteroatoms. The van der Waals surface area contributed by atoms with Crippen molar-refractivity contribution in [3.63, 3.8) is 0 Å². The Balaban J connectivity index is 1.55. The quantitative estimate of drug-likeness (QED) is 0.920. The van der Waals surface area contributed by atoms with Crippen molar-refractivity contribution >= 4 is 11.7 Å². The van der Waals surface area contributed by atoms with Crippen LogP contribution < -0.4 is 15.0 Å². The highest BCUT2D eigenvalue weighted by Gasteiger charge is 2.22. The summed E-state index contributed by atoms with van der Waals surface area (Å²) < 4.78 is 5.31. The Hall–Kier alpha value is -3.20. The van der Waals surface area contributed by atoms with E-state index in [1.165, 1.54) is 0 Å². The van der Waals surface area contributed by atoms with Gasteiger partial charge in [-0.2, -0.15) is 5.26 Å². The molecule has 1 heterocycles. The number of carbonyl (C=O) groups excluding carboxylic acids is 1. The molecule has 0 unspecified atom stereocenters. The van der Waals surface area contributed by atoms with Gasteiger partial charge in [0.2, 0.25) is 0 Å². The SMILES string of the molecule is COc1ccccc1CNC(=O)N1CCN(c2ccccc2C#N)CC1. The summed E-state index contributed by atoms with van der Waals surface area (Å²) in [5.74, 6) is 0.769. The van der Waals surface area contributed by atoms with Crippen molar-refractivity contribution in [2.24, 2.45) is 0 Å². The van der Waals surface area contributed by atoms with E-state index >= 15 is 0 Å². The summed E-state index contributed by atoms with van der Waals surface area (Å²) in [6, 6.07) is 17.4. The first-order chi connectivity index (χ1) is 12.7. The standard InChI is InChI=1S/C20H22N4O2/c1-26-19-9-5-3-7-17(19)15-22-20(25)24-12-10-23(11-13-24)18-8-4-2-6-16(18)14-21/h2-9H,10-13,15H2,1H3,(H,22,25). The molecule has 0 radical (unpaired) electrons. The fourth-order valence-corrected chi connectivity index (χ4v) is 3.13. The van der Waals surface area contributed by atoms with Gasteiger partial charge in [0.05, 0.1) is 18.4 Å². The molecule has 2 aromatic rings. The van der Waals surface area contributed by atoms with Gasteiger partial charge in [0, 0.05) is 38.3 Å². The summed E-state index contributed by atoms with van der Waals surface area (Å²) in [6.45, 7) is 3.09. The van der Waals surface area contributed by atoms with Gasteiger partial charge in [0.1, 0.15) is 11.8 Å². The Morgan fingerprint density at radius 2 is 1.81 bits per heavy atom. The van der Waals surface area contributed by atoms with E-state index in [2.05, 4.69) is 16.3 Å². The number of piperazine rings is 1. The zero-order valence-corrected chi connectivity index (χ0v) is 14.8. The number of methoxy groups -OCH3 is 1. The third kappa shape index (κ3) is 3.89. The smallest absolute Gasteiger partial charge is 0.317 e. The fourth-order valence-electron chi connectivity index (χ4n) is 3.13. The summed E-state index contributed by atoms with van der Waals surface area (Å²) in [5, 5.41) is 12.2. The molecule has 1 aliphatic rings. The van der Waals surface area contributed by atoms with E-state index < -0.39 is 0 Å². The van der Waals surface area contributed by atoms with Crippen LogP contribution in [0.15, 0.2) is 48.5 Å². The van der Waals surface area contributed by atoms with Gasteiger partial charge in [-0.25, -0.2) is 4.79 Å². The van der Waals surface area contributed by atoms with Crippen molar-refractivity contribution < 1.29 is 9.53 Å². The molecule has 0 aromatic heterocycles. The average molecular weight is 350 g/mol. The van der Waals surface area contributed by atoms with Gasteiger partial charge < -0.3 is 19.9 Å². The molecule has 2 aromatic carbocycles. The lowest BCUT2D eigenvalue weighted by atomic mass is 10.1. The molecule has 1 N–H and O–H groups in total. The van der Waals surface area contributed by atoms with Crippen LogP contribution in [0.4, 0.5) is 10.5 Å². The lowest BCUT2D eigenvalue weighted by Gasteiger charge is -2.36. The summed E-state index contributed by atoms with van der Waals surface area (Å²) in [5.41, 5.74) is 2.55. The molecule has 1 saturated heterocycles. The Bertz CT molecular complexity index is 807. The van der Waals surface area contributed by atoms with Crippen LogP contribution in [-0.2, 0) is 6.54 Å². The van der Waals surface area contributed by atoms with Crippen LogP contribution >= 0.6 is 0 Å². The first kappa shape index (κ1) is 17.6. The maximum atomic E-state index is 12.4. The number of para-hydroxylation sites is 2. The number of hydrogen-bond acceptors (Lipinski definition) is 4. The highest BCUT2D eigenvalue weighted by atomic mass is 16.5. The number of nitrogens with zero attached hydrogens (tertiary/aromatic N) is 3. The maximum Gasteiger partial charge on any atom is 0.317 e. The van der Waals surface area contributed by atoms with Crippen LogP contribution in [0.2, 0.25) is 0 Å². The summed E-state index contributed by atoms with van der Waals surface area (Å²) in [4.78, 5) is 16.4. The van der Waals surface area contributed by atoms with Crippen molar-refractivity contribution in [3.8, 4) is 11.8 Å². The number of ether oxygens (including phenoxy) is 1. The van der Waals surface area contributed by atoms with E-state index in [4.69, 9.17) is 4.74 Å². The van der Waals surface area contributed by atoms with E-state index in [0.717, 1.165) is 17.0 Å². The minimum Gasteiger partial charge on any atom is -0.496 e. The molecule has 0 saturated carbocycles. The number of amides is 2. The van der Waals surface area contributed by atoms with Crippen LogP contribution in [0.3, 0.4) is 0 Å². The molecule has 26 heavy (non-hydrogen) atoms. The zero-order valence-electron chi connectivity index (χ0n) is 14.8. The number of urea groups is 1. The second-order valence-corrected chi connectivity index (χ2v) is 6.07. The van der Waals surface area contributed by atoms with E-state index in [9.17, 15) is 10.1 Å². The second kappa shape index (κ2) is 8.26. The van der Waals surface area contributed by atoms with Gasteiger partial charge in [-0.15, -0.1) is 0 Å². The maximum absolute atomic E-state index is 12.4. The summed E-state index contributed by atoms with van der Waals surface area (Å²) in [6.07, 6.45) is 0. The van der Waals surface area contributed by atoms with Crippen LogP contribution in [0.1, 0.15) is 11.1 Å². The Labute approximate surface area is 153 Å². The molecule has 0 atom stereocenters. The third-order valence-corrected chi connectivity index (χ3v) is 4.55. The Morgan fingerprint density at radius 1 is 1.12 bits per heavy atom. The predicted molar refractivity (Wildman–Crippen MR) is 100 cm³/mol. The molecule has 134 valence electrons. The number of hydrogen-bond donors (Lipinski definition) is 1. The molecule has 3 rings (SSSR count). The summed E-state index contributed by atoms with van der Waals surface area (Å²) >= 11 is 0. The first-order valence-electron chi connectivity index (χ1n) is 8.61. The number of carbonyl (C=O) groups is 1. The first-order valence-corrected chi connectivity index (χ1v) is 8.61. The third-order valence-electron chi connectivity index (χ3n) is 4.55. The molecule has 0 aliphatic carbocycles. The van der Waals surface area contributed by atoms with Gasteiger partial charge in [0.15, 0.2) is 0 Å². The molecule has 1 aliphatic heterocycles. The van der Waals surface area contributed by atoms with E-state index in [1.54, 1.807) is 12.0 Å². The Morgan fingerprint density at radius 3 is 2.54 bits per heavy atom. The monoisotopic (exact) mass is 350 g/mol. The number of anilines is 1. The number of nitriles is 1. The number of nitrogens with one attached hydrogen (secondary N) is 1. The van der Waals surface area contributed by atoms with E-state index in [1.807, 2.05) is 48.5 Å². The molecular weight excluding hydrogens is 328 g/mol. The van der Waals surface area contributed by atoms with E-state index in [-0.39, 0.29) is 6.03 Å². The Kier molecular flexibility index (Phi) is 5.59. The predicted octanol–water partition coefficient (Wildman–Crippen LogP) is 2.60. The normalized spacial score (nSPS) is 13.8. The molecule has 6 nitrogen and oxygen atoms in total. The van der Waals surface area contributed by atoms with Gasteiger partial charge >= 0.3 is 6.03 Å². The van der Waals surface area contributed by atoms with Crippen LogP contribution in [0.5, 0.6) is 5.75 Å². The van der Waals surface area contributed by atoms with Crippen molar-refractivity contribution in [1.82, 2.24) is 10.2 Å². The van der Waals surface area contributed by atoms with Crippen molar-refractivity contribution in [2.45, 2.75) is 6.54 Å². The number of rotatable bonds is 4. The van der Waals surface area contributed by atoms with Crippen molar-refractivity contribution in [1.29, 1.82) is 5.26 Å². The highest BCUT2D eigenvalue weighted by molar-refractivity contribution is 5.74. The van der Waals surface area contributed by atoms with Gasteiger partial charge in [-0.3, -0.25) is 0 Å². The molecule has 1 fully saturated rings. The van der Waals surface area contributed by atoms with Crippen molar-refractivity contribution in [2.75, 3.05) is 38.2 Å². The van der Waals surface area contributed by atoms with Gasteiger partial charge in [0.25, 0.3) is 0 Å². The number of benzene rings is 2. The largest absolute Gasteiger partial charge is 0.496 e. The molecule has 2 amide bonds. The topological polar surface area (TPSA) is 68.6 Å². The van der Waals surface area contributed by atoms with Crippen molar-refractivity contribution in [3.05, 3.63) is 59.7 Å². The second-order valence-electron chi connectivity index (χ2n) is 6.07. The zero-order chi connectivity index (χ0) is 18.4. The van der Waals surface area contributed by atoms with Gasteiger partial charge in [-0.1, -0.05) is 30.3 Å². The van der Waals surface area contributed by atoms with Crippen LogP contribution in [0.25, 0.3) is 0 Å². The minimum atomic E-state index is -0.0795. The molecule has 0 spiro atoms. The van der Waals surface area contributed by atoms with Crippen LogP contribution in [0, 0.1) is 11.3 Å². The highest BCUT2D eigenvalue weighted by Crippen LogP contribution is 2.21. The fraction of sp³-hybridized carbons (Fsp3) is 0.300. The summed E-state index contributed by atoms with van der Waals surface area (Å²) in [7, 11) is 1.62. The van der Waals surface area contributed by atoms with Gasteiger partial charge in [-0.05, 0) is 18.2 Å². The lowest BCUT2D eigenvalue weighted by Crippen LogP contribution is -2.51. The molecule has 0 bridgehead atoms. The lowest BCUT2D eigenvalue weighted by molar-refractivity contribution is 0.194. The molecular formula is C20H22N4O2. The average Bonchev–Trinajstić information content (AvgIpc) is 2.72. The minimum absolute atomic E-state index is 0.0795. The van der Waals surface area contributed by atoms with E-state index in [0.29, 0.717) is 38.3 Å². The van der Waals surface area contributed by atoms with Crippen LogP contribution in [-0.4, -0.2) is 44.2 Å².